The topological polar surface area (TPSA) is 41.5 Å². The lowest BCUT2D eigenvalue weighted by Crippen LogP contribution is -2.32. The van der Waals surface area contributed by atoms with Crippen LogP contribution >= 0.6 is 23.7 Å². The van der Waals surface area contributed by atoms with Gasteiger partial charge in [0.1, 0.15) is 11.9 Å². The summed E-state index contributed by atoms with van der Waals surface area (Å²) in [7, 11) is 1.82. The average molecular weight is 350 g/mol. The largest absolute Gasteiger partial charge is 0.481 e. The van der Waals surface area contributed by atoms with Gasteiger partial charge in [0.2, 0.25) is 0 Å². The molecule has 0 bridgehead atoms. The second kappa shape index (κ2) is 8.31. The van der Waals surface area contributed by atoms with Crippen LogP contribution in [0, 0.1) is 0 Å². The molecule has 0 aliphatic rings. The molecular formula is C18H20ClNO2S. The molecular weight excluding hydrogens is 330 g/mol. The molecule has 2 N–H and O–H groups in total. The van der Waals surface area contributed by atoms with Gasteiger partial charge >= 0.3 is 0 Å². The van der Waals surface area contributed by atoms with Crippen LogP contribution in [0.4, 0.5) is 0 Å². The van der Waals surface area contributed by atoms with E-state index in [9.17, 15) is 5.11 Å². The normalized spacial score (nSPS) is 13.3. The molecule has 3 aromatic rings. The van der Waals surface area contributed by atoms with Gasteiger partial charge in [0, 0.05) is 6.54 Å². The van der Waals surface area contributed by atoms with Crippen LogP contribution in [-0.4, -0.2) is 24.8 Å². The van der Waals surface area contributed by atoms with E-state index in [1.165, 1.54) is 0 Å². The van der Waals surface area contributed by atoms with Gasteiger partial charge in [-0.25, -0.2) is 0 Å². The van der Waals surface area contributed by atoms with Gasteiger partial charge in [-0.3, -0.25) is 0 Å². The Balaban J connectivity index is 0.00000192. The Morgan fingerprint density at radius 2 is 1.87 bits per heavy atom. The van der Waals surface area contributed by atoms with Gasteiger partial charge in [-0.05, 0) is 35.5 Å². The van der Waals surface area contributed by atoms with Gasteiger partial charge in [0.25, 0.3) is 0 Å². The first-order valence-corrected chi connectivity index (χ1v) is 8.18. The molecule has 0 spiro atoms. The van der Waals surface area contributed by atoms with Gasteiger partial charge in [-0.1, -0.05) is 42.5 Å². The van der Waals surface area contributed by atoms with Crippen molar-refractivity contribution in [3.05, 3.63) is 65.5 Å². The summed E-state index contributed by atoms with van der Waals surface area (Å²) < 4.78 is 7.32. The highest BCUT2D eigenvalue weighted by molar-refractivity contribution is 7.17. The van der Waals surface area contributed by atoms with Crippen molar-refractivity contribution in [3.8, 4) is 5.75 Å². The quantitative estimate of drug-likeness (QED) is 0.706. The van der Waals surface area contributed by atoms with Crippen molar-refractivity contribution in [2.45, 2.75) is 12.2 Å². The predicted molar refractivity (Wildman–Crippen MR) is 98.8 cm³/mol. The van der Waals surface area contributed by atoms with E-state index < -0.39 is 12.2 Å². The van der Waals surface area contributed by atoms with Crippen LogP contribution in [0.5, 0.6) is 5.75 Å². The minimum Gasteiger partial charge on any atom is -0.481 e. The maximum atomic E-state index is 10.5. The lowest BCUT2D eigenvalue weighted by atomic mass is 10.0. The van der Waals surface area contributed by atoms with Crippen molar-refractivity contribution >= 4 is 33.8 Å². The fourth-order valence-electron chi connectivity index (χ4n) is 2.52. The van der Waals surface area contributed by atoms with Gasteiger partial charge < -0.3 is 15.2 Å². The molecule has 1 aromatic heterocycles. The van der Waals surface area contributed by atoms with Crippen LogP contribution < -0.4 is 10.1 Å². The first-order chi connectivity index (χ1) is 10.8. The molecule has 0 aliphatic carbocycles. The summed E-state index contributed by atoms with van der Waals surface area (Å²) in [5, 5.41) is 16.7. The van der Waals surface area contributed by atoms with E-state index >= 15 is 0 Å². The second-order valence-corrected chi connectivity index (χ2v) is 6.09. The zero-order valence-corrected chi connectivity index (χ0v) is 14.4. The number of rotatable bonds is 6. The van der Waals surface area contributed by atoms with Crippen molar-refractivity contribution in [2.75, 3.05) is 13.6 Å². The lowest BCUT2D eigenvalue weighted by Gasteiger charge is -2.25. The first-order valence-electron chi connectivity index (χ1n) is 7.30. The standard InChI is InChI=1S/C18H19NO2S.ClH/c1-19-12-15(20)17(13-6-3-2-4-7-13)21-16-9-5-8-14-10-11-22-18(14)16;/h2-11,15,17,19-20H,12H2,1H3;1H/t15-,17-;/m0./s1. The summed E-state index contributed by atoms with van der Waals surface area (Å²) in [6.45, 7) is 0.472. The molecule has 1 heterocycles. The number of aliphatic hydroxyl groups is 1. The number of thiophene rings is 1. The molecule has 0 saturated heterocycles. The van der Waals surface area contributed by atoms with Gasteiger partial charge in [0.15, 0.2) is 6.10 Å². The number of benzene rings is 2. The smallest absolute Gasteiger partial charge is 0.151 e. The Labute approximate surface area is 146 Å². The SMILES string of the molecule is CNC[C@H](O)[C@@H](Oc1cccc2ccsc12)c1ccccc1.Cl. The highest BCUT2D eigenvalue weighted by Gasteiger charge is 2.23. The lowest BCUT2D eigenvalue weighted by molar-refractivity contribution is 0.0380. The van der Waals surface area contributed by atoms with Crippen molar-refractivity contribution < 1.29 is 9.84 Å². The number of hydrogen-bond acceptors (Lipinski definition) is 4. The summed E-state index contributed by atoms with van der Waals surface area (Å²) >= 11 is 1.65. The molecule has 3 rings (SSSR count). The zero-order chi connectivity index (χ0) is 15.4. The van der Waals surface area contributed by atoms with E-state index in [4.69, 9.17) is 4.74 Å². The Morgan fingerprint density at radius 3 is 2.61 bits per heavy atom. The summed E-state index contributed by atoms with van der Waals surface area (Å²) in [5.41, 5.74) is 0.971. The van der Waals surface area contributed by atoms with Crippen LogP contribution in [0.3, 0.4) is 0 Å². The van der Waals surface area contributed by atoms with Crippen molar-refractivity contribution in [1.82, 2.24) is 5.32 Å². The Bertz CT molecular complexity index is 732. The number of fused-ring (bicyclic) bond motifs is 1. The van der Waals surface area contributed by atoms with E-state index in [2.05, 4.69) is 22.8 Å². The van der Waals surface area contributed by atoms with Gasteiger partial charge in [-0.2, -0.15) is 0 Å². The molecule has 2 aromatic carbocycles. The fraction of sp³-hybridized carbons (Fsp3) is 0.222. The molecule has 5 heteroatoms. The van der Waals surface area contributed by atoms with Crippen LogP contribution in [0.2, 0.25) is 0 Å². The van der Waals surface area contributed by atoms with Crippen molar-refractivity contribution in [2.24, 2.45) is 0 Å². The minimum atomic E-state index is -0.623. The number of aliphatic hydroxyl groups excluding tert-OH is 1. The summed E-state index contributed by atoms with van der Waals surface area (Å²) in [6, 6.07) is 17.9. The number of likely N-dealkylation sites (N-methyl/N-ethyl adjacent to an activating group) is 1. The monoisotopic (exact) mass is 349 g/mol. The van der Waals surface area contributed by atoms with Crippen LogP contribution in [0.15, 0.2) is 60.0 Å². The maximum absolute atomic E-state index is 10.5. The molecule has 122 valence electrons. The third kappa shape index (κ3) is 4.03. The van der Waals surface area contributed by atoms with E-state index in [1.807, 2.05) is 49.5 Å². The van der Waals surface area contributed by atoms with Gasteiger partial charge in [-0.15, -0.1) is 23.7 Å². The number of nitrogens with one attached hydrogen (secondary N) is 1. The predicted octanol–water partition coefficient (Wildman–Crippen LogP) is 4.02. The van der Waals surface area contributed by atoms with E-state index in [0.717, 1.165) is 21.4 Å². The second-order valence-electron chi connectivity index (χ2n) is 5.17. The minimum absolute atomic E-state index is 0. The van der Waals surface area contributed by atoms with Crippen molar-refractivity contribution in [1.29, 1.82) is 0 Å². The molecule has 0 radical (unpaired) electrons. The van der Waals surface area contributed by atoms with Gasteiger partial charge in [0.05, 0.1) is 4.70 Å². The fourth-order valence-corrected chi connectivity index (χ4v) is 3.38. The maximum Gasteiger partial charge on any atom is 0.151 e. The highest BCUT2D eigenvalue weighted by atomic mass is 35.5. The van der Waals surface area contributed by atoms with E-state index in [-0.39, 0.29) is 12.4 Å². The van der Waals surface area contributed by atoms with Crippen LogP contribution in [-0.2, 0) is 0 Å². The molecule has 3 nitrogen and oxygen atoms in total. The third-order valence-corrected chi connectivity index (χ3v) is 4.53. The molecule has 23 heavy (non-hydrogen) atoms. The highest BCUT2D eigenvalue weighted by Crippen LogP contribution is 2.34. The Kier molecular flexibility index (Phi) is 6.42. The Morgan fingerprint density at radius 1 is 1.09 bits per heavy atom. The third-order valence-electron chi connectivity index (χ3n) is 3.59. The first kappa shape index (κ1) is 17.8. The van der Waals surface area contributed by atoms with Crippen LogP contribution in [0.1, 0.15) is 11.7 Å². The molecule has 0 fully saturated rings. The van der Waals surface area contributed by atoms with E-state index in [0.29, 0.717) is 6.54 Å². The van der Waals surface area contributed by atoms with Crippen molar-refractivity contribution in [3.63, 3.8) is 0 Å². The summed E-state index contributed by atoms with van der Waals surface area (Å²) in [5.74, 6) is 0.816. The molecule has 0 unspecified atom stereocenters. The number of hydrogen-bond donors (Lipinski definition) is 2. The average Bonchev–Trinajstić information content (AvgIpc) is 3.03. The zero-order valence-electron chi connectivity index (χ0n) is 12.8. The Hall–Kier alpha value is -1.59. The van der Waals surface area contributed by atoms with E-state index in [1.54, 1.807) is 11.3 Å². The molecule has 0 amide bonds. The molecule has 2 atom stereocenters. The van der Waals surface area contributed by atoms with Crippen LogP contribution in [0.25, 0.3) is 10.1 Å². The summed E-state index contributed by atoms with van der Waals surface area (Å²) in [6.07, 6.45) is -1.02. The molecule has 0 aliphatic heterocycles. The molecule has 0 saturated carbocycles. The number of halogens is 1. The summed E-state index contributed by atoms with van der Waals surface area (Å²) in [4.78, 5) is 0. The number of ether oxygens (including phenoxy) is 1.